The molecule has 3 aromatic rings. The molecule has 12 nitrogen and oxygen atoms in total. The first kappa shape index (κ1) is 27.6. The van der Waals surface area contributed by atoms with Crippen LogP contribution in [0.1, 0.15) is 37.0 Å². The van der Waals surface area contributed by atoms with Crippen molar-refractivity contribution in [1.82, 2.24) is 24.8 Å². The van der Waals surface area contributed by atoms with Crippen molar-refractivity contribution in [3.8, 4) is 0 Å². The average molecular weight is 512 g/mol. The number of nitrogens with zero attached hydrogens (tertiary/aromatic N) is 4. The Hall–Kier alpha value is -4.03. The number of ether oxygens (including phenoxy) is 2. The monoisotopic (exact) mass is 511 g/mol. The number of benzene rings is 1. The van der Waals surface area contributed by atoms with Crippen LogP contribution in [0.25, 0.3) is 5.65 Å². The van der Waals surface area contributed by atoms with Gasteiger partial charge in [-0.3, -0.25) is 14.0 Å². The normalized spacial score (nSPS) is 12.2. The van der Waals surface area contributed by atoms with Gasteiger partial charge in [-0.2, -0.15) is 0 Å². The molecule has 3 rings (SSSR count). The van der Waals surface area contributed by atoms with E-state index in [1.807, 2.05) is 42.5 Å². The van der Waals surface area contributed by atoms with Crippen molar-refractivity contribution in [1.29, 1.82) is 0 Å². The number of carbonyl (C=O) groups is 3. The van der Waals surface area contributed by atoms with E-state index in [1.54, 1.807) is 24.3 Å². The van der Waals surface area contributed by atoms with Crippen LogP contribution in [0.2, 0.25) is 0 Å². The van der Waals surface area contributed by atoms with Crippen LogP contribution in [0, 0.1) is 0 Å². The Balaban J connectivity index is 1.80. The van der Waals surface area contributed by atoms with Gasteiger partial charge >= 0.3 is 6.09 Å². The maximum atomic E-state index is 12.8. The van der Waals surface area contributed by atoms with Gasteiger partial charge in [0.2, 0.25) is 11.8 Å². The van der Waals surface area contributed by atoms with Crippen LogP contribution in [-0.4, -0.2) is 69.8 Å². The number of hydrogen-bond donors (Lipinski definition) is 3. The highest BCUT2D eigenvalue weighted by molar-refractivity contribution is 5.85. The van der Waals surface area contributed by atoms with E-state index in [4.69, 9.17) is 20.9 Å². The maximum absolute atomic E-state index is 12.8. The highest BCUT2D eigenvalue weighted by atomic mass is 16.6. The van der Waals surface area contributed by atoms with E-state index in [-0.39, 0.29) is 25.7 Å². The summed E-state index contributed by atoms with van der Waals surface area (Å²) >= 11 is 0. The maximum Gasteiger partial charge on any atom is 0.409 e. The van der Waals surface area contributed by atoms with E-state index in [9.17, 15) is 14.4 Å². The molecule has 2 heterocycles. The molecule has 0 saturated carbocycles. The zero-order chi connectivity index (χ0) is 27.0. The summed E-state index contributed by atoms with van der Waals surface area (Å²) in [6.45, 7) is 3.49. The minimum Gasteiger partial charge on any atom is -0.449 e. The number of nitrogens with two attached hydrogens (primary N) is 2. The fourth-order valence-electron chi connectivity index (χ4n) is 3.50. The molecule has 0 spiro atoms. The van der Waals surface area contributed by atoms with Gasteiger partial charge in [0, 0.05) is 19.2 Å². The molecule has 0 aliphatic rings. The van der Waals surface area contributed by atoms with Crippen LogP contribution in [0.5, 0.6) is 0 Å². The third-order valence-electron chi connectivity index (χ3n) is 5.42. The van der Waals surface area contributed by atoms with Gasteiger partial charge < -0.3 is 31.2 Å². The van der Waals surface area contributed by atoms with Crippen molar-refractivity contribution in [2.45, 2.75) is 38.5 Å². The molecular formula is C25H33N7O5. The lowest BCUT2D eigenvalue weighted by molar-refractivity contribution is -0.126. The minimum atomic E-state index is -1.12. The minimum absolute atomic E-state index is 0.0377. The summed E-state index contributed by atoms with van der Waals surface area (Å²) in [6.07, 6.45) is -0.341. The fourth-order valence-corrected chi connectivity index (χ4v) is 3.50. The summed E-state index contributed by atoms with van der Waals surface area (Å²) in [6, 6.07) is 14.4. The molecule has 1 aromatic carbocycles. The fraction of sp³-hybridized carbons (Fsp3) is 0.400. The number of rotatable bonds is 12. The van der Waals surface area contributed by atoms with E-state index >= 15 is 0 Å². The molecule has 0 fully saturated rings. The lowest BCUT2D eigenvalue weighted by Gasteiger charge is -2.24. The standard InChI is InChI=1S/C25H33N7O5/c1-25(2,27)23(34)28-19(16-36-15-17-8-5-4-6-9-17)22-30-29-21-11-7-10-18(32(21)22)12-13-37-24(35)31(3)14-20(26)33/h4-11,19H,12-16,27H2,1-3H3,(H2,26,33)(H,28,34)/t19-/m1/s1. The summed E-state index contributed by atoms with van der Waals surface area (Å²) in [4.78, 5) is 37.0. The molecular weight excluding hydrogens is 478 g/mol. The van der Waals surface area contributed by atoms with Crippen molar-refractivity contribution in [3.63, 3.8) is 0 Å². The summed E-state index contributed by atoms with van der Waals surface area (Å²) in [5, 5.41) is 11.5. The van der Waals surface area contributed by atoms with E-state index in [0.717, 1.165) is 16.2 Å². The van der Waals surface area contributed by atoms with E-state index in [1.165, 1.54) is 7.05 Å². The van der Waals surface area contributed by atoms with Crippen LogP contribution < -0.4 is 16.8 Å². The molecule has 0 saturated heterocycles. The quantitative estimate of drug-likeness (QED) is 0.323. The predicted molar refractivity (Wildman–Crippen MR) is 135 cm³/mol. The Kier molecular flexibility index (Phi) is 9.15. The SMILES string of the molecule is CN(CC(N)=O)C(=O)OCCc1cccc2nnc([C@@H](COCc3ccccc3)NC(=O)C(C)(C)N)n12. The largest absolute Gasteiger partial charge is 0.449 e. The number of amides is 3. The first-order valence-electron chi connectivity index (χ1n) is 11.8. The Morgan fingerprint density at radius 2 is 1.84 bits per heavy atom. The van der Waals surface area contributed by atoms with Crippen LogP contribution in [-0.2, 0) is 32.1 Å². The number of primary amides is 1. The molecule has 37 heavy (non-hydrogen) atoms. The van der Waals surface area contributed by atoms with E-state index < -0.39 is 23.6 Å². The van der Waals surface area contributed by atoms with Crippen molar-refractivity contribution in [2.24, 2.45) is 11.5 Å². The highest BCUT2D eigenvalue weighted by Gasteiger charge is 2.28. The first-order chi connectivity index (χ1) is 17.6. The second-order valence-electron chi connectivity index (χ2n) is 9.20. The zero-order valence-corrected chi connectivity index (χ0v) is 21.2. The highest BCUT2D eigenvalue weighted by Crippen LogP contribution is 2.18. The predicted octanol–water partition coefficient (Wildman–Crippen LogP) is 0.937. The van der Waals surface area contributed by atoms with Crippen molar-refractivity contribution in [2.75, 3.05) is 26.8 Å². The molecule has 0 radical (unpaired) electrons. The molecule has 0 aliphatic heterocycles. The second kappa shape index (κ2) is 12.3. The van der Waals surface area contributed by atoms with Gasteiger partial charge in [0.05, 0.1) is 25.4 Å². The van der Waals surface area contributed by atoms with E-state index in [2.05, 4.69) is 15.5 Å². The molecule has 0 aliphatic carbocycles. The first-order valence-corrected chi connectivity index (χ1v) is 11.8. The zero-order valence-electron chi connectivity index (χ0n) is 21.2. The van der Waals surface area contributed by atoms with E-state index in [0.29, 0.717) is 24.5 Å². The van der Waals surface area contributed by atoms with Crippen molar-refractivity contribution < 1.29 is 23.9 Å². The molecule has 12 heteroatoms. The van der Waals surface area contributed by atoms with Gasteiger partial charge in [0.15, 0.2) is 11.5 Å². The van der Waals surface area contributed by atoms with Crippen molar-refractivity contribution >= 4 is 23.6 Å². The Bertz CT molecular complexity index is 1220. The summed E-state index contributed by atoms with van der Waals surface area (Å²) in [5.41, 5.74) is 12.3. The second-order valence-corrected chi connectivity index (χ2v) is 9.20. The average Bonchev–Trinajstić information content (AvgIpc) is 3.28. The third kappa shape index (κ3) is 7.72. The third-order valence-corrected chi connectivity index (χ3v) is 5.42. The van der Waals surface area contributed by atoms with Gasteiger partial charge in [-0.25, -0.2) is 4.79 Å². The molecule has 1 atom stereocenters. The topological polar surface area (TPSA) is 167 Å². The smallest absolute Gasteiger partial charge is 0.409 e. The van der Waals surface area contributed by atoms with Gasteiger partial charge in [-0.1, -0.05) is 36.4 Å². The van der Waals surface area contributed by atoms with Gasteiger partial charge in [0.1, 0.15) is 12.6 Å². The number of pyridine rings is 1. The summed E-state index contributed by atoms with van der Waals surface area (Å²) < 4.78 is 13.0. The molecule has 0 bridgehead atoms. The van der Waals surface area contributed by atoms with Crippen LogP contribution >= 0.6 is 0 Å². The van der Waals surface area contributed by atoms with Crippen molar-refractivity contribution in [3.05, 3.63) is 65.6 Å². The Labute approximate surface area is 214 Å². The lowest BCUT2D eigenvalue weighted by Crippen LogP contribution is -2.51. The van der Waals surface area contributed by atoms with Gasteiger partial charge in [0.25, 0.3) is 0 Å². The molecule has 198 valence electrons. The number of aromatic nitrogens is 3. The number of carbonyl (C=O) groups excluding carboxylic acids is 3. The number of nitrogens with one attached hydrogen (secondary N) is 1. The Morgan fingerprint density at radius 1 is 1.11 bits per heavy atom. The number of hydrogen-bond acceptors (Lipinski definition) is 8. The summed E-state index contributed by atoms with van der Waals surface area (Å²) in [7, 11) is 1.42. The van der Waals surface area contributed by atoms with Crippen LogP contribution in [0.15, 0.2) is 48.5 Å². The summed E-state index contributed by atoms with van der Waals surface area (Å²) in [5.74, 6) is -0.559. The molecule has 0 unspecified atom stereocenters. The van der Waals surface area contributed by atoms with Gasteiger partial charge in [-0.15, -0.1) is 10.2 Å². The molecule has 2 aromatic heterocycles. The van der Waals surface area contributed by atoms with Crippen LogP contribution in [0.3, 0.4) is 0 Å². The van der Waals surface area contributed by atoms with Crippen LogP contribution in [0.4, 0.5) is 4.79 Å². The Morgan fingerprint density at radius 3 is 2.51 bits per heavy atom. The number of fused-ring (bicyclic) bond motifs is 1. The molecule has 5 N–H and O–H groups in total. The molecule has 3 amide bonds. The van der Waals surface area contributed by atoms with Gasteiger partial charge in [-0.05, 0) is 31.5 Å². The number of likely N-dealkylation sites (N-methyl/N-ethyl adjacent to an activating group) is 1. The lowest BCUT2D eigenvalue weighted by atomic mass is 10.1.